The van der Waals surface area contributed by atoms with Crippen molar-refractivity contribution in [2.24, 2.45) is 5.92 Å². The standard InChI is InChI=1S/C12H20O4S/c1-8-7-11(16-9(2)13)10-5-3-4-6-12(10)17(8,14)15/h8,10-12H,3-7H2,1-2H3. The lowest BCUT2D eigenvalue weighted by Gasteiger charge is -2.42. The number of rotatable bonds is 1. The Bertz CT molecular complexity index is 401. The second-order valence-electron chi connectivity index (χ2n) is 5.27. The normalized spacial score (nSPS) is 40.4. The van der Waals surface area contributed by atoms with Crippen LogP contribution in [0.4, 0.5) is 0 Å². The fourth-order valence-corrected chi connectivity index (χ4v) is 5.59. The summed E-state index contributed by atoms with van der Waals surface area (Å²) in [6, 6.07) is 0. The second-order valence-corrected chi connectivity index (χ2v) is 7.86. The van der Waals surface area contributed by atoms with Crippen LogP contribution in [0.3, 0.4) is 0 Å². The number of carbonyl (C=O) groups is 1. The average Bonchev–Trinajstić information content (AvgIpc) is 2.26. The first-order valence-corrected chi connectivity index (χ1v) is 7.94. The van der Waals surface area contributed by atoms with E-state index in [-0.39, 0.29) is 28.5 Å². The molecule has 5 heteroatoms. The van der Waals surface area contributed by atoms with Crippen molar-refractivity contribution in [1.29, 1.82) is 0 Å². The SMILES string of the molecule is CC(=O)OC1CC(C)S(=O)(=O)C2CCCCC12. The molecule has 1 aliphatic heterocycles. The zero-order chi connectivity index (χ0) is 12.6. The molecule has 0 amide bonds. The summed E-state index contributed by atoms with van der Waals surface area (Å²) < 4.78 is 29.8. The predicted molar refractivity (Wildman–Crippen MR) is 64.3 cm³/mol. The van der Waals surface area contributed by atoms with Gasteiger partial charge in [-0.15, -0.1) is 0 Å². The number of ether oxygens (including phenoxy) is 1. The summed E-state index contributed by atoms with van der Waals surface area (Å²) in [5.41, 5.74) is 0. The van der Waals surface area contributed by atoms with Gasteiger partial charge in [-0.3, -0.25) is 4.79 Å². The molecule has 0 spiro atoms. The number of esters is 1. The van der Waals surface area contributed by atoms with E-state index in [0.29, 0.717) is 6.42 Å². The maximum absolute atomic E-state index is 12.2. The van der Waals surface area contributed by atoms with Gasteiger partial charge in [-0.25, -0.2) is 8.42 Å². The van der Waals surface area contributed by atoms with E-state index in [1.54, 1.807) is 6.92 Å². The molecule has 98 valence electrons. The van der Waals surface area contributed by atoms with Crippen molar-refractivity contribution in [3.63, 3.8) is 0 Å². The van der Waals surface area contributed by atoms with Crippen LogP contribution in [-0.4, -0.2) is 31.0 Å². The first-order chi connectivity index (χ1) is 7.93. The maximum atomic E-state index is 12.2. The molecule has 2 rings (SSSR count). The van der Waals surface area contributed by atoms with Crippen LogP contribution in [0.1, 0.15) is 46.0 Å². The minimum atomic E-state index is -3.02. The lowest BCUT2D eigenvalue weighted by molar-refractivity contribution is -0.150. The van der Waals surface area contributed by atoms with Gasteiger partial charge >= 0.3 is 5.97 Å². The van der Waals surface area contributed by atoms with E-state index in [4.69, 9.17) is 4.74 Å². The van der Waals surface area contributed by atoms with Crippen LogP contribution >= 0.6 is 0 Å². The van der Waals surface area contributed by atoms with Crippen molar-refractivity contribution >= 4 is 15.8 Å². The van der Waals surface area contributed by atoms with Crippen LogP contribution in [0.15, 0.2) is 0 Å². The Hall–Kier alpha value is -0.580. The Kier molecular flexibility index (Phi) is 3.48. The molecule has 2 aliphatic rings. The van der Waals surface area contributed by atoms with E-state index in [1.807, 2.05) is 0 Å². The number of sulfone groups is 1. The lowest BCUT2D eigenvalue weighted by Crippen LogP contribution is -2.51. The summed E-state index contributed by atoms with van der Waals surface area (Å²) in [5.74, 6) is -0.278. The molecule has 4 nitrogen and oxygen atoms in total. The molecule has 0 N–H and O–H groups in total. The minimum Gasteiger partial charge on any atom is -0.462 e. The summed E-state index contributed by atoms with van der Waals surface area (Å²) in [7, 11) is -3.02. The van der Waals surface area contributed by atoms with Crippen LogP contribution in [0.25, 0.3) is 0 Å². The largest absolute Gasteiger partial charge is 0.462 e. The Morgan fingerprint density at radius 2 is 1.88 bits per heavy atom. The van der Waals surface area contributed by atoms with Crippen LogP contribution < -0.4 is 0 Å². The molecule has 0 aromatic rings. The summed E-state index contributed by atoms with van der Waals surface area (Å²) in [6.07, 6.45) is 3.88. The van der Waals surface area contributed by atoms with Crippen LogP contribution in [-0.2, 0) is 19.4 Å². The number of hydrogen-bond acceptors (Lipinski definition) is 4. The fourth-order valence-electron chi connectivity index (χ4n) is 3.24. The maximum Gasteiger partial charge on any atom is 0.302 e. The zero-order valence-corrected chi connectivity index (χ0v) is 11.2. The monoisotopic (exact) mass is 260 g/mol. The molecular formula is C12H20O4S. The van der Waals surface area contributed by atoms with Gasteiger partial charge < -0.3 is 4.74 Å². The van der Waals surface area contributed by atoms with Gasteiger partial charge in [0, 0.05) is 19.3 Å². The first-order valence-electron chi connectivity index (χ1n) is 6.33. The lowest BCUT2D eigenvalue weighted by atomic mass is 9.82. The van der Waals surface area contributed by atoms with E-state index < -0.39 is 9.84 Å². The summed E-state index contributed by atoms with van der Waals surface area (Å²) in [5, 5.41) is -0.671. The van der Waals surface area contributed by atoms with Gasteiger partial charge in [0.05, 0.1) is 10.5 Å². The van der Waals surface area contributed by atoms with Gasteiger partial charge in [-0.1, -0.05) is 12.8 Å². The average molecular weight is 260 g/mol. The zero-order valence-electron chi connectivity index (χ0n) is 10.4. The second kappa shape index (κ2) is 4.59. The summed E-state index contributed by atoms with van der Waals surface area (Å²) in [6.45, 7) is 3.13. The Morgan fingerprint density at radius 1 is 1.24 bits per heavy atom. The topological polar surface area (TPSA) is 60.4 Å². The van der Waals surface area contributed by atoms with Crippen molar-refractivity contribution in [2.75, 3.05) is 0 Å². The van der Waals surface area contributed by atoms with Gasteiger partial charge in [-0.05, 0) is 19.8 Å². The number of carbonyl (C=O) groups excluding carboxylic acids is 1. The van der Waals surface area contributed by atoms with Crippen LogP contribution in [0, 0.1) is 5.92 Å². The molecule has 17 heavy (non-hydrogen) atoms. The first kappa shape index (κ1) is 12.9. The highest BCUT2D eigenvalue weighted by Gasteiger charge is 2.48. The van der Waals surface area contributed by atoms with E-state index in [2.05, 4.69) is 0 Å². The third-order valence-corrected chi connectivity index (χ3v) is 6.84. The van der Waals surface area contributed by atoms with Crippen molar-refractivity contribution in [3.05, 3.63) is 0 Å². The molecule has 2 fully saturated rings. The Morgan fingerprint density at radius 3 is 2.53 bits per heavy atom. The Balaban J connectivity index is 2.25. The number of fused-ring (bicyclic) bond motifs is 1. The van der Waals surface area contributed by atoms with E-state index in [0.717, 1.165) is 25.7 Å². The molecule has 1 saturated heterocycles. The number of hydrogen-bond donors (Lipinski definition) is 0. The fraction of sp³-hybridized carbons (Fsp3) is 0.917. The molecule has 0 radical (unpaired) electrons. The Labute approximate surface area is 103 Å². The highest BCUT2D eigenvalue weighted by molar-refractivity contribution is 7.92. The van der Waals surface area contributed by atoms with Gasteiger partial charge in [0.2, 0.25) is 0 Å². The van der Waals surface area contributed by atoms with E-state index in [1.165, 1.54) is 6.92 Å². The van der Waals surface area contributed by atoms with Crippen molar-refractivity contribution in [2.45, 2.75) is 62.6 Å². The van der Waals surface area contributed by atoms with Crippen molar-refractivity contribution in [1.82, 2.24) is 0 Å². The molecule has 1 aliphatic carbocycles. The molecule has 1 saturated carbocycles. The third-order valence-electron chi connectivity index (χ3n) is 4.10. The molecule has 0 aromatic heterocycles. The molecule has 4 atom stereocenters. The minimum absolute atomic E-state index is 0.0221. The highest BCUT2D eigenvalue weighted by atomic mass is 32.2. The van der Waals surface area contributed by atoms with Crippen molar-refractivity contribution < 1.29 is 17.9 Å². The van der Waals surface area contributed by atoms with Gasteiger partial charge in [0.15, 0.2) is 9.84 Å². The van der Waals surface area contributed by atoms with Gasteiger partial charge in [0.1, 0.15) is 6.10 Å². The summed E-state index contributed by atoms with van der Waals surface area (Å²) in [4.78, 5) is 11.1. The molecule has 0 aromatic carbocycles. The van der Waals surface area contributed by atoms with E-state index >= 15 is 0 Å². The van der Waals surface area contributed by atoms with Crippen LogP contribution in [0.5, 0.6) is 0 Å². The highest BCUT2D eigenvalue weighted by Crippen LogP contribution is 2.41. The van der Waals surface area contributed by atoms with Crippen molar-refractivity contribution in [3.8, 4) is 0 Å². The quantitative estimate of drug-likeness (QED) is 0.673. The molecule has 0 bridgehead atoms. The van der Waals surface area contributed by atoms with Crippen LogP contribution in [0.2, 0.25) is 0 Å². The smallest absolute Gasteiger partial charge is 0.302 e. The molecule has 1 heterocycles. The van der Waals surface area contributed by atoms with Gasteiger partial charge in [-0.2, -0.15) is 0 Å². The molecule has 4 unspecified atom stereocenters. The molecular weight excluding hydrogens is 240 g/mol. The van der Waals surface area contributed by atoms with Gasteiger partial charge in [0.25, 0.3) is 0 Å². The van der Waals surface area contributed by atoms with E-state index in [9.17, 15) is 13.2 Å². The predicted octanol–water partition coefficient (Wildman–Crippen LogP) is 1.68. The summed E-state index contributed by atoms with van der Waals surface area (Å²) >= 11 is 0. The third kappa shape index (κ3) is 2.34.